The second kappa shape index (κ2) is 5.50. The van der Waals surface area contributed by atoms with E-state index in [2.05, 4.69) is 20.2 Å². The van der Waals surface area contributed by atoms with Crippen LogP contribution in [0.1, 0.15) is 32.1 Å². The van der Waals surface area contributed by atoms with Crippen molar-refractivity contribution < 1.29 is 4.79 Å². The Balaban J connectivity index is 1.51. The van der Waals surface area contributed by atoms with Gasteiger partial charge in [0, 0.05) is 19.6 Å². The van der Waals surface area contributed by atoms with Crippen molar-refractivity contribution in [3.05, 3.63) is 12.4 Å². The normalized spacial score (nSPS) is 24.5. The fourth-order valence-corrected chi connectivity index (χ4v) is 3.97. The van der Waals surface area contributed by atoms with Gasteiger partial charge in [-0.1, -0.05) is 0 Å². The Morgan fingerprint density at radius 3 is 2.32 bits per heavy atom. The van der Waals surface area contributed by atoms with Crippen molar-refractivity contribution in [2.24, 2.45) is 5.41 Å². The first kappa shape index (κ1) is 13.9. The lowest BCUT2D eigenvalue weighted by atomic mass is 9.78. The van der Waals surface area contributed by atoms with Crippen LogP contribution in [0.15, 0.2) is 12.4 Å². The van der Waals surface area contributed by atoms with Gasteiger partial charge in [-0.15, -0.1) is 0 Å². The first-order valence-corrected chi connectivity index (χ1v) is 8.38. The molecule has 3 fully saturated rings. The number of aromatic nitrogens is 2. The number of hydrogen-bond donors (Lipinski definition) is 1. The van der Waals surface area contributed by atoms with Crippen molar-refractivity contribution >= 4 is 17.5 Å². The number of amides is 1. The van der Waals surface area contributed by atoms with Gasteiger partial charge in [-0.05, 0) is 45.2 Å². The third kappa shape index (κ3) is 2.26. The second-order valence-corrected chi connectivity index (χ2v) is 6.66. The number of nitrogens with one attached hydrogen (secondary N) is 1. The molecular formula is C16H23N5O. The summed E-state index contributed by atoms with van der Waals surface area (Å²) in [6, 6.07) is 0. The lowest BCUT2D eigenvalue weighted by Gasteiger charge is -2.31. The fourth-order valence-electron chi connectivity index (χ4n) is 3.97. The van der Waals surface area contributed by atoms with E-state index in [-0.39, 0.29) is 11.3 Å². The van der Waals surface area contributed by atoms with Crippen molar-refractivity contribution in [3.63, 3.8) is 0 Å². The van der Waals surface area contributed by atoms with Crippen LogP contribution in [0.25, 0.3) is 0 Å². The van der Waals surface area contributed by atoms with Crippen molar-refractivity contribution in [1.82, 2.24) is 15.3 Å². The smallest absolute Gasteiger partial charge is 0.234 e. The SMILES string of the molecule is O=C1N(c2cnc(N3CCCC3)cn2)CCC12CCNCC2. The van der Waals surface area contributed by atoms with Crippen molar-refractivity contribution in [2.75, 3.05) is 42.5 Å². The lowest BCUT2D eigenvalue weighted by molar-refractivity contribution is -0.126. The zero-order chi connectivity index (χ0) is 15.0. The Morgan fingerprint density at radius 2 is 1.64 bits per heavy atom. The Hall–Kier alpha value is -1.69. The Morgan fingerprint density at radius 1 is 0.955 bits per heavy atom. The number of anilines is 2. The number of piperidine rings is 1. The van der Waals surface area contributed by atoms with Crippen LogP contribution < -0.4 is 15.1 Å². The molecule has 0 unspecified atom stereocenters. The molecular weight excluding hydrogens is 278 g/mol. The molecule has 0 aromatic carbocycles. The third-order valence-corrected chi connectivity index (χ3v) is 5.40. The number of carbonyl (C=O) groups excluding carboxylic acids is 1. The summed E-state index contributed by atoms with van der Waals surface area (Å²) in [6.45, 7) is 4.79. The van der Waals surface area contributed by atoms with Gasteiger partial charge in [0.05, 0.1) is 17.8 Å². The molecule has 1 amide bonds. The highest BCUT2D eigenvalue weighted by Crippen LogP contribution is 2.41. The zero-order valence-electron chi connectivity index (χ0n) is 12.9. The molecule has 118 valence electrons. The minimum atomic E-state index is -0.152. The first-order chi connectivity index (χ1) is 10.8. The minimum absolute atomic E-state index is 0.152. The van der Waals surface area contributed by atoms with Crippen LogP contribution in [0.4, 0.5) is 11.6 Å². The zero-order valence-corrected chi connectivity index (χ0v) is 12.9. The lowest BCUT2D eigenvalue weighted by Crippen LogP contribution is -2.42. The first-order valence-electron chi connectivity index (χ1n) is 8.38. The second-order valence-electron chi connectivity index (χ2n) is 6.66. The molecule has 0 aliphatic carbocycles. The molecule has 3 aliphatic heterocycles. The fraction of sp³-hybridized carbons (Fsp3) is 0.688. The van der Waals surface area contributed by atoms with Gasteiger partial charge in [0.25, 0.3) is 0 Å². The van der Waals surface area contributed by atoms with Crippen LogP contribution in [0, 0.1) is 5.41 Å². The summed E-state index contributed by atoms with van der Waals surface area (Å²) in [6.07, 6.45) is 8.88. The van der Waals surface area contributed by atoms with Gasteiger partial charge in [-0.2, -0.15) is 0 Å². The predicted octanol–water partition coefficient (Wildman–Crippen LogP) is 1.18. The quantitative estimate of drug-likeness (QED) is 0.889. The van der Waals surface area contributed by atoms with Crippen LogP contribution in [0.3, 0.4) is 0 Å². The largest absolute Gasteiger partial charge is 0.355 e. The monoisotopic (exact) mass is 301 g/mol. The van der Waals surface area contributed by atoms with E-state index in [0.29, 0.717) is 5.82 Å². The summed E-state index contributed by atoms with van der Waals surface area (Å²) < 4.78 is 0. The molecule has 22 heavy (non-hydrogen) atoms. The summed E-state index contributed by atoms with van der Waals surface area (Å²) in [7, 11) is 0. The molecule has 3 saturated heterocycles. The van der Waals surface area contributed by atoms with E-state index in [4.69, 9.17) is 0 Å². The van der Waals surface area contributed by atoms with Gasteiger partial charge < -0.3 is 10.2 Å². The average molecular weight is 301 g/mol. The molecule has 1 aromatic rings. The molecule has 4 rings (SSSR count). The van der Waals surface area contributed by atoms with E-state index in [1.54, 1.807) is 6.20 Å². The summed E-state index contributed by atoms with van der Waals surface area (Å²) in [4.78, 5) is 26.0. The number of rotatable bonds is 2. The van der Waals surface area contributed by atoms with Crippen molar-refractivity contribution in [2.45, 2.75) is 32.1 Å². The predicted molar refractivity (Wildman–Crippen MR) is 85.0 cm³/mol. The van der Waals surface area contributed by atoms with Gasteiger partial charge in [-0.25, -0.2) is 9.97 Å². The van der Waals surface area contributed by atoms with E-state index in [0.717, 1.165) is 57.8 Å². The maximum atomic E-state index is 12.8. The molecule has 0 atom stereocenters. The van der Waals surface area contributed by atoms with Gasteiger partial charge >= 0.3 is 0 Å². The highest BCUT2D eigenvalue weighted by molar-refractivity contribution is 5.99. The molecule has 4 heterocycles. The van der Waals surface area contributed by atoms with Crippen LogP contribution in [0.2, 0.25) is 0 Å². The summed E-state index contributed by atoms with van der Waals surface area (Å²) in [5, 5.41) is 3.35. The summed E-state index contributed by atoms with van der Waals surface area (Å²) in [5.41, 5.74) is -0.152. The molecule has 3 aliphatic rings. The van der Waals surface area contributed by atoms with Crippen molar-refractivity contribution in [3.8, 4) is 0 Å². The number of carbonyl (C=O) groups is 1. The molecule has 0 radical (unpaired) electrons. The van der Waals surface area contributed by atoms with E-state index < -0.39 is 0 Å². The van der Waals surface area contributed by atoms with Crippen LogP contribution >= 0.6 is 0 Å². The van der Waals surface area contributed by atoms with Gasteiger partial charge in [-0.3, -0.25) is 9.69 Å². The highest BCUT2D eigenvalue weighted by atomic mass is 16.2. The summed E-state index contributed by atoms with van der Waals surface area (Å²) in [5.74, 6) is 1.89. The van der Waals surface area contributed by atoms with E-state index in [9.17, 15) is 4.79 Å². The average Bonchev–Trinajstić information content (AvgIpc) is 3.19. The maximum Gasteiger partial charge on any atom is 0.234 e. The minimum Gasteiger partial charge on any atom is -0.355 e. The summed E-state index contributed by atoms with van der Waals surface area (Å²) >= 11 is 0. The third-order valence-electron chi connectivity index (χ3n) is 5.40. The number of hydrogen-bond acceptors (Lipinski definition) is 5. The van der Waals surface area contributed by atoms with Gasteiger partial charge in [0.15, 0.2) is 5.82 Å². The van der Waals surface area contributed by atoms with Crippen LogP contribution in [0.5, 0.6) is 0 Å². The van der Waals surface area contributed by atoms with Gasteiger partial charge in [0.1, 0.15) is 5.82 Å². The molecule has 1 N–H and O–H groups in total. The molecule has 1 spiro atoms. The van der Waals surface area contributed by atoms with Crippen molar-refractivity contribution in [1.29, 1.82) is 0 Å². The molecule has 6 heteroatoms. The topological polar surface area (TPSA) is 61.4 Å². The van der Waals surface area contributed by atoms with Crippen LogP contribution in [-0.4, -0.2) is 48.6 Å². The van der Waals surface area contributed by atoms with E-state index >= 15 is 0 Å². The molecule has 1 aromatic heterocycles. The highest BCUT2D eigenvalue weighted by Gasteiger charge is 2.47. The van der Waals surface area contributed by atoms with Crippen LogP contribution in [-0.2, 0) is 4.79 Å². The van der Waals surface area contributed by atoms with Gasteiger partial charge in [0.2, 0.25) is 5.91 Å². The molecule has 0 saturated carbocycles. The Bertz CT molecular complexity index is 546. The van der Waals surface area contributed by atoms with E-state index in [1.807, 2.05) is 11.1 Å². The molecule has 0 bridgehead atoms. The maximum absolute atomic E-state index is 12.8. The Kier molecular flexibility index (Phi) is 3.48. The van der Waals surface area contributed by atoms with E-state index in [1.165, 1.54) is 12.8 Å². The number of nitrogens with zero attached hydrogens (tertiary/aromatic N) is 4. The Labute approximate surface area is 130 Å². The molecule has 6 nitrogen and oxygen atoms in total. The standard InChI is InChI=1S/C16H23N5O/c22-15-16(3-6-17-7-4-16)5-10-21(15)14-12-18-13(11-19-14)20-8-1-2-9-20/h11-12,17H,1-10H2.